The molecule has 0 aliphatic rings. The summed E-state index contributed by atoms with van der Waals surface area (Å²) in [5.41, 5.74) is 1.52. The molecule has 0 radical (unpaired) electrons. The standard InChI is InChI=1S/C12H17N3O3/c1-3-18-11-5-4-9-12(15-11)14-10(13-9)8-17-7-6-16-2/h4-5H,3,6-8H2,1-2H3,(H,13,14,15). The van der Waals surface area contributed by atoms with Crippen molar-refractivity contribution >= 4 is 11.2 Å². The van der Waals surface area contributed by atoms with Gasteiger partial charge >= 0.3 is 0 Å². The molecular weight excluding hydrogens is 234 g/mol. The average molecular weight is 251 g/mol. The highest BCUT2D eigenvalue weighted by atomic mass is 16.5. The molecule has 0 atom stereocenters. The van der Waals surface area contributed by atoms with Crippen molar-refractivity contribution in [2.24, 2.45) is 0 Å². The molecule has 0 saturated carbocycles. The van der Waals surface area contributed by atoms with Gasteiger partial charge in [-0.05, 0) is 13.0 Å². The molecule has 0 bridgehead atoms. The Morgan fingerprint density at radius 1 is 1.22 bits per heavy atom. The number of hydrogen-bond acceptors (Lipinski definition) is 5. The predicted molar refractivity (Wildman–Crippen MR) is 66.6 cm³/mol. The second-order valence-electron chi connectivity index (χ2n) is 3.68. The van der Waals surface area contributed by atoms with Crippen LogP contribution >= 0.6 is 0 Å². The van der Waals surface area contributed by atoms with Gasteiger partial charge in [0.25, 0.3) is 0 Å². The van der Waals surface area contributed by atoms with E-state index in [0.29, 0.717) is 38.0 Å². The summed E-state index contributed by atoms with van der Waals surface area (Å²) in [6.07, 6.45) is 0. The molecular formula is C12H17N3O3. The van der Waals surface area contributed by atoms with Crippen LogP contribution in [0.3, 0.4) is 0 Å². The molecule has 0 saturated heterocycles. The Balaban J connectivity index is 2.02. The second kappa shape index (κ2) is 6.32. The maximum atomic E-state index is 5.39. The first-order valence-electron chi connectivity index (χ1n) is 5.88. The van der Waals surface area contributed by atoms with E-state index in [-0.39, 0.29) is 0 Å². The van der Waals surface area contributed by atoms with Crippen LogP contribution in [0.5, 0.6) is 5.88 Å². The smallest absolute Gasteiger partial charge is 0.215 e. The van der Waals surface area contributed by atoms with Crippen LogP contribution in [0, 0.1) is 0 Å². The third-order valence-electron chi connectivity index (χ3n) is 2.33. The number of aromatic nitrogens is 3. The topological polar surface area (TPSA) is 69.3 Å². The van der Waals surface area contributed by atoms with Crippen LogP contribution in [0.15, 0.2) is 12.1 Å². The molecule has 2 rings (SSSR count). The molecule has 0 aliphatic carbocycles. The SMILES string of the molecule is CCOc1ccc2[nH]c(COCCOC)nc2n1. The molecule has 2 aromatic heterocycles. The third kappa shape index (κ3) is 3.18. The molecule has 0 aromatic carbocycles. The van der Waals surface area contributed by atoms with Crippen molar-refractivity contribution in [3.63, 3.8) is 0 Å². The minimum Gasteiger partial charge on any atom is -0.478 e. The van der Waals surface area contributed by atoms with Crippen molar-refractivity contribution in [3.05, 3.63) is 18.0 Å². The van der Waals surface area contributed by atoms with Crippen molar-refractivity contribution in [2.75, 3.05) is 26.9 Å². The van der Waals surface area contributed by atoms with Gasteiger partial charge in [-0.1, -0.05) is 0 Å². The van der Waals surface area contributed by atoms with Crippen LogP contribution in [0.1, 0.15) is 12.7 Å². The van der Waals surface area contributed by atoms with Gasteiger partial charge in [-0.2, -0.15) is 4.98 Å². The number of aromatic amines is 1. The summed E-state index contributed by atoms with van der Waals surface area (Å²) in [5.74, 6) is 1.34. The van der Waals surface area contributed by atoms with Gasteiger partial charge in [-0.25, -0.2) is 4.98 Å². The number of pyridine rings is 1. The van der Waals surface area contributed by atoms with E-state index >= 15 is 0 Å². The summed E-state index contributed by atoms with van der Waals surface area (Å²) >= 11 is 0. The Kier molecular flexibility index (Phi) is 4.49. The number of nitrogens with one attached hydrogen (secondary N) is 1. The fourth-order valence-corrected chi connectivity index (χ4v) is 1.53. The van der Waals surface area contributed by atoms with E-state index in [1.165, 1.54) is 0 Å². The number of rotatable bonds is 7. The maximum Gasteiger partial charge on any atom is 0.215 e. The fourth-order valence-electron chi connectivity index (χ4n) is 1.53. The lowest BCUT2D eigenvalue weighted by atomic mass is 10.4. The molecule has 0 fully saturated rings. The Morgan fingerprint density at radius 2 is 2.11 bits per heavy atom. The minimum atomic E-state index is 0.420. The Bertz CT molecular complexity index is 498. The predicted octanol–water partition coefficient (Wildman–Crippen LogP) is 1.52. The molecule has 0 amide bonds. The Morgan fingerprint density at radius 3 is 2.89 bits per heavy atom. The molecule has 98 valence electrons. The third-order valence-corrected chi connectivity index (χ3v) is 2.33. The lowest BCUT2D eigenvalue weighted by molar-refractivity contribution is 0.0590. The molecule has 18 heavy (non-hydrogen) atoms. The van der Waals surface area contributed by atoms with Crippen molar-refractivity contribution < 1.29 is 14.2 Å². The van der Waals surface area contributed by atoms with Gasteiger partial charge in [0.2, 0.25) is 5.88 Å². The van der Waals surface area contributed by atoms with Gasteiger partial charge in [0.1, 0.15) is 12.4 Å². The highest BCUT2D eigenvalue weighted by Gasteiger charge is 2.05. The maximum absolute atomic E-state index is 5.39. The van der Waals surface area contributed by atoms with Gasteiger partial charge in [0.05, 0.1) is 25.3 Å². The summed E-state index contributed by atoms with van der Waals surface area (Å²) in [6, 6.07) is 3.72. The Labute approximate surface area is 105 Å². The molecule has 6 nitrogen and oxygen atoms in total. The Hall–Kier alpha value is -1.66. The zero-order chi connectivity index (χ0) is 12.8. The molecule has 1 N–H and O–H groups in total. The number of nitrogens with zero attached hydrogens (tertiary/aromatic N) is 2. The van der Waals surface area contributed by atoms with Gasteiger partial charge in [-0.3, -0.25) is 0 Å². The van der Waals surface area contributed by atoms with Crippen LogP contribution in [0.2, 0.25) is 0 Å². The molecule has 6 heteroatoms. The van der Waals surface area contributed by atoms with Crippen molar-refractivity contribution in [1.29, 1.82) is 0 Å². The number of H-pyrrole nitrogens is 1. The van der Waals surface area contributed by atoms with Crippen LogP contribution in [0.4, 0.5) is 0 Å². The fraction of sp³-hybridized carbons (Fsp3) is 0.500. The van der Waals surface area contributed by atoms with Gasteiger partial charge in [0.15, 0.2) is 5.65 Å². The first-order chi connectivity index (χ1) is 8.83. The average Bonchev–Trinajstić information content (AvgIpc) is 2.77. The van der Waals surface area contributed by atoms with Crippen LogP contribution in [-0.4, -0.2) is 41.9 Å². The van der Waals surface area contributed by atoms with E-state index in [9.17, 15) is 0 Å². The van der Waals surface area contributed by atoms with Crippen molar-refractivity contribution in [3.8, 4) is 5.88 Å². The molecule has 0 unspecified atom stereocenters. The summed E-state index contributed by atoms with van der Waals surface area (Å²) in [5, 5.41) is 0. The quantitative estimate of drug-likeness (QED) is 0.755. The van der Waals surface area contributed by atoms with Gasteiger partial charge in [-0.15, -0.1) is 0 Å². The lowest BCUT2D eigenvalue weighted by Gasteiger charge is -1.99. The van der Waals surface area contributed by atoms with E-state index in [2.05, 4.69) is 15.0 Å². The monoisotopic (exact) mass is 251 g/mol. The van der Waals surface area contributed by atoms with Crippen LogP contribution in [0.25, 0.3) is 11.2 Å². The number of hydrogen-bond donors (Lipinski definition) is 1. The lowest BCUT2D eigenvalue weighted by Crippen LogP contribution is -2.02. The number of methoxy groups -OCH3 is 1. The second-order valence-corrected chi connectivity index (χ2v) is 3.68. The van der Waals surface area contributed by atoms with Crippen molar-refractivity contribution in [2.45, 2.75) is 13.5 Å². The van der Waals surface area contributed by atoms with Crippen LogP contribution in [-0.2, 0) is 16.1 Å². The zero-order valence-electron chi connectivity index (χ0n) is 10.6. The molecule has 2 heterocycles. The number of ether oxygens (including phenoxy) is 3. The number of fused-ring (bicyclic) bond motifs is 1. The summed E-state index contributed by atoms with van der Waals surface area (Å²) in [6.45, 7) is 4.06. The van der Waals surface area contributed by atoms with E-state index in [1.807, 2.05) is 19.1 Å². The van der Waals surface area contributed by atoms with E-state index < -0.39 is 0 Å². The number of imidazole rings is 1. The van der Waals surface area contributed by atoms with Gasteiger partial charge < -0.3 is 19.2 Å². The zero-order valence-corrected chi connectivity index (χ0v) is 10.6. The first kappa shape index (κ1) is 12.8. The van der Waals surface area contributed by atoms with Gasteiger partial charge in [0, 0.05) is 13.2 Å². The van der Waals surface area contributed by atoms with E-state index in [1.54, 1.807) is 7.11 Å². The summed E-state index contributed by atoms with van der Waals surface area (Å²) in [4.78, 5) is 11.8. The largest absolute Gasteiger partial charge is 0.478 e. The van der Waals surface area contributed by atoms with Crippen LogP contribution < -0.4 is 4.74 Å². The molecule has 0 aliphatic heterocycles. The van der Waals surface area contributed by atoms with Crippen molar-refractivity contribution in [1.82, 2.24) is 15.0 Å². The first-order valence-corrected chi connectivity index (χ1v) is 5.88. The summed E-state index contributed by atoms with van der Waals surface area (Å²) < 4.78 is 15.6. The highest BCUT2D eigenvalue weighted by molar-refractivity contribution is 5.71. The molecule has 2 aromatic rings. The summed E-state index contributed by atoms with van der Waals surface area (Å²) in [7, 11) is 1.64. The molecule has 0 spiro atoms. The highest BCUT2D eigenvalue weighted by Crippen LogP contribution is 2.14. The van der Waals surface area contributed by atoms with E-state index in [4.69, 9.17) is 14.2 Å². The van der Waals surface area contributed by atoms with E-state index in [0.717, 1.165) is 11.3 Å². The normalized spacial score (nSPS) is 11.0. The minimum absolute atomic E-state index is 0.420.